The molecule has 6 nitrogen and oxygen atoms in total. The quantitative estimate of drug-likeness (QED) is 0.399. The summed E-state index contributed by atoms with van der Waals surface area (Å²) in [4.78, 5) is 12.0. The van der Waals surface area contributed by atoms with Crippen LogP contribution in [0.4, 0.5) is 0 Å². The van der Waals surface area contributed by atoms with Crippen LogP contribution < -0.4 is 0 Å². The Morgan fingerprint density at radius 1 is 1.18 bits per heavy atom. The van der Waals surface area contributed by atoms with Crippen molar-refractivity contribution < 1.29 is 29.2 Å². The van der Waals surface area contributed by atoms with E-state index >= 15 is 0 Å². The van der Waals surface area contributed by atoms with Crippen molar-refractivity contribution in [3.63, 3.8) is 0 Å². The van der Waals surface area contributed by atoms with E-state index in [4.69, 9.17) is 14.2 Å². The Morgan fingerprint density at radius 3 is 2.64 bits per heavy atom. The standard InChI is InChI=1S/C27H34O6/c1-16-4-11-22-26(2,20(16)10-9-19-21(29)14-31-24(19)30)13-12-23-27(22,3)15-32-25(33-23)17-5-7-18(28)8-6-17/h5-9,20-23,25,28-29H,1,4,10-15H2,2-3H3/b19-9+/t20-,21-,22+,23-,25?,26+,27+/m1/s1. The maximum absolute atomic E-state index is 12.0. The number of carbonyl (C=O) groups excluding carboxylic acids is 1. The van der Waals surface area contributed by atoms with Gasteiger partial charge in [0.15, 0.2) is 6.29 Å². The minimum absolute atomic E-state index is 0.0171. The van der Waals surface area contributed by atoms with Crippen LogP contribution in [-0.2, 0) is 19.0 Å². The number of carbonyl (C=O) groups is 1. The zero-order valence-electron chi connectivity index (χ0n) is 19.5. The lowest BCUT2D eigenvalue weighted by Crippen LogP contribution is -2.60. The predicted molar refractivity (Wildman–Crippen MR) is 122 cm³/mol. The molecule has 1 aromatic rings. The van der Waals surface area contributed by atoms with Gasteiger partial charge in [-0.25, -0.2) is 4.79 Å². The molecule has 7 atom stereocenters. The average Bonchev–Trinajstić information content (AvgIpc) is 3.10. The van der Waals surface area contributed by atoms with Gasteiger partial charge in [0.2, 0.25) is 0 Å². The number of cyclic esters (lactones) is 1. The van der Waals surface area contributed by atoms with E-state index in [9.17, 15) is 15.0 Å². The van der Waals surface area contributed by atoms with Crippen molar-refractivity contribution in [3.8, 4) is 5.75 Å². The highest BCUT2D eigenvalue weighted by atomic mass is 16.7. The molecule has 0 aromatic heterocycles. The van der Waals surface area contributed by atoms with Gasteiger partial charge in [0.05, 0.1) is 18.3 Å². The molecule has 33 heavy (non-hydrogen) atoms. The molecule has 6 heteroatoms. The van der Waals surface area contributed by atoms with E-state index in [1.807, 2.05) is 18.2 Å². The topological polar surface area (TPSA) is 85.2 Å². The van der Waals surface area contributed by atoms with Gasteiger partial charge in [-0.2, -0.15) is 0 Å². The van der Waals surface area contributed by atoms with Crippen molar-refractivity contribution >= 4 is 5.97 Å². The fraction of sp³-hybridized carbons (Fsp3) is 0.593. The Balaban J connectivity index is 1.37. The number of phenols is 1. The molecule has 1 aromatic carbocycles. The van der Waals surface area contributed by atoms with Crippen molar-refractivity contribution in [1.82, 2.24) is 0 Å². The lowest BCUT2D eigenvalue weighted by molar-refractivity contribution is -0.307. The molecule has 0 bridgehead atoms. The third-order valence-corrected chi connectivity index (χ3v) is 8.86. The molecule has 2 aliphatic heterocycles. The zero-order valence-corrected chi connectivity index (χ0v) is 19.5. The molecule has 1 unspecified atom stereocenters. The molecule has 2 aliphatic carbocycles. The van der Waals surface area contributed by atoms with E-state index in [2.05, 4.69) is 20.4 Å². The summed E-state index contributed by atoms with van der Waals surface area (Å²) in [6.07, 6.45) is 5.37. The first kappa shape index (κ1) is 22.6. The summed E-state index contributed by atoms with van der Waals surface area (Å²) in [5, 5.41) is 19.7. The van der Waals surface area contributed by atoms with Crippen LogP contribution in [0, 0.1) is 22.7 Å². The summed E-state index contributed by atoms with van der Waals surface area (Å²) in [7, 11) is 0. The maximum Gasteiger partial charge on any atom is 0.336 e. The number of hydrogen-bond acceptors (Lipinski definition) is 6. The van der Waals surface area contributed by atoms with Crippen LogP contribution in [0.15, 0.2) is 48.1 Å². The van der Waals surface area contributed by atoms with Gasteiger partial charge < -0.3 is 24.4 Å². The van der Waals surface area contributed by atoms with Crippen LogP contribution in [-0.4, -0.2) is 41.6 Å². The van der Waals surface area contributed by atoms with E-state index < -0.39 is 18.4 Å². The Labute approximate surface area is 195 Å². The number of hydrogen-bond donors (Lipinski definition) is 2. The van der Waals surface area contributed by atoms with Gasteiger partial charge in [0.25, 0.3) is 0 Å². The Morgan fingerprint density at radius 2 is 1.94 bits per heavy atom. The van der Waals surface area contributed by atoms with E-state index in [1.165, 1.54) is 5.57 Å². The van der Waals surface area contributed by atoms with E-state index in [1.54, 1.807) is 12.1 Å². The molecule has 2 saturated carbocycles. The lowest BCUT2D eigenvalue weighted by atomic mass is 9.46. The number of aliphatic hydroxyl groups is 1. The van der Waals surface area contributed by atoms with Crippen molar-refractivity contribution in [2.75, 3.05) is 13.2 Å². The number of aromatic hydroxyl groups is 1. The first-order valence-corrected chi connectivity index (χ1v) is 12.0. The first-order valence-electron chi connectivity index (χ1n) is 12.0. The van der Waals surface area contributed by atoms with Gasteiger partial charge >= 0.3 is 5.97 Å². The molecule has 0 radical (unpaired) electrons. The van der Waals surface area contributed by atoms with Gasteiger partial charge in [-0.1, -0.05) is 44.2 Å². The minimum atomic E-state index is -0.830. The summed E-state index contributed by atoms with van der Waals surface area (Å²) in [5.41, 5.74) is 2.44. The number of allylic oxidation sites excluding steroid dienone is 2. The highest BCUT2D eigenvalue weighted by molar-refractivity contribution is 5.91. The molecule has 2 saturated heterocycles. The van der Waals surface area contributed by atoms with Crippen LogP contribution >= 0.6 is 0 Å². The molecule has 2 N–H and O–H groups in total. The van der Waals surface area contributed by atoms with Crippen LogP contribution in [0.5, 0.6) is 5.75 Å². The Hall–Kier alpha value is -2.15. The lowest BCUT2D eigenvalue weighted by Gasteiger charge is -2.62. The third-order valence-electron chi connectivity index (χ3n) is 8.86. The summed E-state index contributed by atoms with van der Waals surface area (Å²) in [6.45, 7) is 9.74. The largest absolute Gasteiger partial charge is 0.508 e. The second-order valence-electron chi connectivity index (χ2n) is 10.7. The smallest absolute Gasteiger partial charge is 0.336 e. The molecule has 0 spiro atoms. The van der Waals surface area contributed by atoms with Gasteiger partial charge in [-0.3, -0.25) is 0 Å². The number of phenolic OH excluding ortho intramolecular Hbond substituents is 1. The zero-order chi connectivity index (χ0) is 23.4. The highest BCUT2D eigenvalue weighted by Gasteiger charge is 2.60. The Kier molecular flexibility index (Phi) is 5.66. The second-order valence-corrected chi connectivity index (χ2v) is 10.7. The van der Waals surface area contributed by atoms with Crippen LogP contribution in [0.1, 0.15) is 57.8 Å². The molecule has 4 fully saturated rings. The van der Waals surface area contributed by atoms with Crippen molar-refractivity contribution in [3.05, 3.63) is 53.6 Å². The fourth-order valence-electron chi connectivity index (χ4n) is 7.00. The summed E-state index contributed by atoms with van der Waals surface area (Å²) >= 11 is 0. The number of benzene rings is 1. The van der Waals surface area contributed by atoms with Gasteiger partial charge in [0, 0.05) is 11.0 Å². The van der Waals surface area contributed by atoms with Crippen LogP contribution in [0.25, 0.3) is 0 Å². The number of aliphatic hydroxyl groups excluding tert-OH is 1. The fourth-order valence-corrected chi connectivity index (χ4v) is 7.00. The monoisotopic (exact) mass is 454 g/mol. The summed E-state index contributed by atoms with van der Waals surface area (Å²) < 4.78 is 17.8. The highest BCUT2D eigenvalue weighted by Crippen LogP contribution is 2.63. The second kappa shape index (κ2) is 8.26. The van der Waals surface area contributed by atoms with E-state index in [-0.39, 0.29) is 35.2 Å². The summed E-state index contributed by atoms with van der Waals surface area (Å²) in [6, 6.07) is 7.03. The van der Waals surface area contributed by atoms with Crippen molar-refractivity contribution in [1.29, 1.82) is 0 Å². The van der Waals surface area contributed by atoms with Crippen molar-refractivity contribution in [2.45, 2.75) is 64.4 Å². The van der Waals surface area contributed by atoms with Crippen molar-refractivity contribution in [2.24, 2.45) is 22.7 Å². The normalized spacial score (nSPS) is 42.0. The van der Waals surface area contributed by atoms with E-state index in [0.717, 1.165) is 31.2 Å². The van der Waals surface area contributed by atoms with Gasteiger partial charge in [0.1, 0.15) is 18.5 Å². The molecular weight excluding hydrogens is 420 g/mol. The maximum atomic E-state index is 12.0. The van der Waals surface area contributed by atoms with E-state index in [0.29, 0.717) is 24.5 Å². The van der Waals surface area contributed by atoms with Gasteiger partial charge in [-0.15, -0.1) is 0 Å². The number of fused-ring (bicyclic) bond motifs is 3. The summed E-state index contributed by atoms with van der Waals surface area (Å²) in [5.74, 6) is 0.459. The number of esters is 1. The molecule has 0 amide bonds. The number of ether oxygens (including phenoxy) is 3. The number of rotatable bonds is 3. The minimum Gasteiger partial charge on any atom is -0.508 e. The molecule has 2 heterocycles. The SMILES string of the molecule is C=C1CC[C@@H]2[C@]3(C)COC(c4ccc(O)cc4)O[C@@H]3CC[C@@]2(C)[C@@H]1C/C=C1/C(=O)OC[C@H]1O. The third kappa shape index (κ3) is 3.72. The first-order chi connectivity index (χ1) is 15.7. The Bertz CT molecular complexity index is 967. The van der Waals surface area contributed by atoms with Crippen LogP contribution in [0.2, 0.25) is 0 Å². The average molecular weight is 455 g/mol. The molecular formula is C27H34O6. The molecule has 4 aliphatic rings. The molecule has 5 rings (SSSR count). The predicted octanol–water partition coefficient (Wildman–Crippen LogP) is 4.43. The van der Waals surface area contributed by atoms with Crippen LogP contribution in [0.3, 0.4) is 0 Å². The van der Waals surface area contributed by atoms with Gasteiger partial charge in [-0.05, 0) is 61.5 Å². The molecule has 178 valence electrons.